The Morgan fingerprint density at radius 3 is 2.05 bits per heavy atom. The number of ether oxygens (including phenoxy) is 3. The number of carbonyl (C=O) groups is 1. The maximum Gasteiger partial charge on any atom is 0.309 e. The molecule has 7 heteroatoms. The molecule has 132 valence electrons. The van der Waals surface area contributed by atoms with Crippen LogP contribution in [0.15, 0.2) is 0 Å². The van der Waals surface area contributed by atoms with Crippen molar-refractivity contribution in [2.45, 2.75) is 64.1 Å². The number of carbonyl (C=O) groups excluding carboxylic acids is 1. The van der Waals surface area contributed by atoms with Crippen molar-refractivity contribution in [3.05, 3.63) is 0 Å². The number of rotatable bonds is 9. The predicted octanol–water partition coefficient (Wildman–Crippen LogP) is 0.0984. The Morgan fingerprint density at radius 2 is 1.68 bits per heavy atom. The fraction of sp³-hybridized carbons (Fsp3) is 0.933. The fourth-order valence-electron chi connectivity index (χ4n) is 2.06. The Labute approximate surface area is 132 Å². The minimum absolute atomic E-state index is 0.199. The largest absolute Gasteiger partial charge is 0.460 e. The number of hydrogen-bond acceptors (Lipinski definition) is 7. The maximum absolute atomic E-state index is 12.0. The second-order valence-electron chi connectivity index (χ2n) is 6.39. The van der Waals surface area contributed by atoms with Crippen molar-refractivity contribution in [3.63, 3.8) is 0 Å². The van der Waals surface area contributed by atoms with Crippen LogP contribution in [0.1, 0.15) is 34.1 Å². The van der Waals surface area contributed by atoms with Crippen LogP contribution >= 0.6 is 0 Å². The van der Waals surface area contributed by atoms with Gasteiger partial charge in [-0.3, -0.25) is 4.79 Å². The summed E-state index contributed by atoms with van der Waals surface area (Å²) in [7, 11) is 2.71. The summed E-state index contributed by atoms with van der Waals surface area (Å²) in [6, 6.07) is 0. The average molecular weight is 322 g/mol. The van der Waals surface area contributed by atoms with Crippen LogP contribution in [-0.2, 0) is 19.0 Å². The van der Waals surface area contributed by atoms with E-state index >= 15 is 0 Å². The second-order valence-corrected chi connectivity index (χ2v) is 6.39. The third-order valence-corrected chi connectivity index (χ3v) is 3.25. The van der Waals surface area contributed by atoms with Gasteiger partial charge in [-0.05, 0) is 27.2 Å². The minimum atomic E-state index is -1.24. The molecule has 0 aliphatic carbocycles. The van der Waals surface area contributed by atoms with Crippen LogP contribution in [0.2, 0.25) is 0 Å². The number of hydrogen-bond donors (Lipinski definition) is 3. The Bertz CT molecular complexity index is 326. The van der Waals surface area contributed by atoms with Crippen LogP contribution in [-0.4, -0.2) is 72.1 Å². The highest BCUT2D eigenvalue weighted by molar-refractivity contribution is 5.72. The van der Waals surface area contributed by atoms with Gasteiger partial charge in [0, 0.05) is 14.2 Å². The lowest BCUT2D eigenvalue weighted by atomic mass is 9.95. The van der Waals surface area contributed by atoms with E-state index in [0.717, 1.165) is 0 Å². The first-order valence-electron chi connectivity index (χ1n) is 7.32. The summed E-state index contributed by atoms with van der Waals surface area (Å²) >= 11 is 0. The van der Waals surface area contributed by atoms with Gasteiger partial charge in [-0.25, -0.2) is 0 Å². The van der Waals surface area contributed by atoms with Crippen molar-refractivity contribution < 1.29 is 34.3 Å². The van der Waals surface area contributed by atoms with Crippen molar-refractivity contribution in [3.8, 4) is 0 Å². The quantitative estimate of drug-likeness (QED) is 0.517. The lowest BCUT2D eigenvalue weighted by Gasteiger charge is -2.32. The van der Waals surface area contributed by atoms with Gasteiger partial charge < -0.3 is 29.5 Å². The Morgan fingerprint density at radius 1 is 1.14 bits per heavy atom. The molecule has 0 aliphatic rings. The van der Waals surface area contributed by atoms with Gasteiger partial charge in [-0.1, -0.05) is 6.92 Å². The molecule has 0 aromatic rings. The summed E-state index contributed by atoms with van der Waals surface area (Å²) in [6.07, 6.45) is -3.99. The van der Waals surface area contributed by atoms with Crippen molar-refractivity contribution in [1.82, 2.24) is 0 Å². The minimum Gasteiger partial charge on any atom is -0.460 e. The standard InChI is InChI=1S/C15H30O7/c1-9(14(19)22-15(2,3)4)7-11(20-5)12(18)13(21-6)10(17)8-16/h9-13,16-18H,7-8H2,1-6H3/t9-,10-,11+,12+,13+/m1/s1. The van der Waals surface area contributed by atoms with E-state index in [-0.39, 0.29) is 6.42 Å². The van der Waals surface area contributed by atoms with Crippen molar-refractivity contribution in [2.75, 3.05) is 20.8 Å². The van der Waals surface area contributed by atoms with Crippen molar-refractivity contribution in [1.29, 1.82) is 0 Å². The van der Waals surface area contributed by atoms with Crippen LogP contribution in [0.5, 0.6) is 0 Å². The van der Waals surface area contributed by atoms with Gasteiger partial charge in [0.15, 0.2) is 0 Å². The first-order valence-corrected chi connectivity index (χ1v) is 7.32. The molecule has 0 saturated carbocycles. The van der Waals surface area contributed by atoms with Gasteiger partial charge in [0.25, 0.3) is 0 Å². The lowest BCUT2D eigenvalue weighted by molar-refractivity contribution is -0.164. The molecule has 0 aliphatic heterocycles. The maximum atomic E-state index is 12.0. The normalized spacial score (nSPS) is 19.1. The molecule has 0 spiro atoms. The van der Waals surface area contributed by atoms with E-state index in [2.05, 4.69) is 0 Å². The molecule has 5 atom stereocenters. The molecular formula is C15H30O7. The molecule has 0 aromatic heterocycles. The Balaban J connectivity index is 4.79. The molecule has 0 bridgehead atoms. The van der Waals surface area contributed by atoms with E-state index in [1.54, 1.807) is 27.7 Å². The zero-order valence-corrected chi connectivity index (χ0v) is 14.3. The zero-order chi connectivity index (χ0) is 17.5. The van der Waals surface area contributed by atoms with E-state index < -0.39 is 48.5 Å². The second kappa shape index (κ2) is 9.42. The van der Waals surface area contributed by atoms with E-state index in [4.69, 9.17) is 19.3 Å². The molecule has 0 fully saturated rings. The Kier molecular flexibility index (Phi) is 9.11. The SMILES string of the molecule is CO[C@H]([C@@H](O)[C@H](C[C@@H](C)C(=O)OC(C)(C)C)OC)[C@H](O)CO. The highest BCUT2D eigenvalue weighted by atomic mass is 16.6. The third-order valence-electron chi connectivity index (χ3n) is 3.25. The molecule has 0 heterocycles. The first kappa shape index (κ1) is 21.3. The zero-order valence-electron chi connectivity index (χ0n) is 14.3. The number of esters is 1. The summed E-state index contributed by atoms with van der Waals surface area (Å²) < 4.78 is 15.5. The average Bonchev–Trinajstić information content (AvgIpc) is 2.42. The molecule has 0 unspecified atom stereocenters. The van der Waals surface area contributed by atoms with Crippen molar-refractivity contribution >= 4 is 5.97 Å². The highest BCUT2D eigenvalue weighted by Gasteiger charge is 2.35. The van der Waals surface area contributed by atoms with Gasteiger partial charge in [0.2, 0.25) is 0 Å². The number of methoxy groups -OCH3 is 2. The van der Waals surface area contributed by atoms with Gasteiger partial charge in [0.1, 0.15) is 23.9 Å². The van der Waals surface area contributed by atoms with Crippen LogP contribution in [0.4, 0.5) is 0 Å². The van der Waals surface area contributed by atoms with Crippen LogP contribution < -0.4 is 0 Å². The molecule has 7 nitrogen and oxygen atoms in total. The molecule has 0 aromatic carbocycles. The molecule has 0 saturated heterocycles. The van der Waals surface area contributed by atoms with Gasteiger partial charge in [-0.2, -0.15) is 0 Å². The lowest BCUT2D eigenvalue weighted by Crippen LogP contribution is -2.48. The van der Waals surface area contributed by atoms with Crippen molar-refractivity contribution in [2.24, 2.45) is 5.92 Å². The summed E-state index contributed by atoms with van der Waals surface area (Å²) in [5.74, 6) is -0.888. The van der Waals surface area contributed by atoms with E-state index in [9.17, 15) is 15.0 Å². The Hall–Kier alpha value is -0.730. The summed E-state index contributed by atoms with van der Waals surface area (Å²) in [5.41, 5.74) is -0.589. The van der Waals surface area contributed by atoms with E-state index in [1.807, 2.05) is 0 Å². The molecule has 22 heavy (non-hydrogen) atoms. The molecule has 0 rings (SSSR count). The number of aliphatic hydroxyl groups is 3. The summed E-state index contributed by atoms with van der Waals surface area (Å²) in [5, 5.41) is 28.9. The van der Waals surface area contributed by atoms with Gasteiger partial charge in [0.05, 0.1) is 18.6 Å². The highest BCUT2D eigenvalue weighted by Crippen LogP contribution is 2.20. The summed E-state index contributed by atoms with van der Waals surface area (Å²) in [6.45, 7) is 6.46. The van der Waals surface area contributed by atoms with E-state index in [1.165, 1.54) is 14.2 Å². The topological polar surface area (TPSA) is 105 Å². The van der Waals surface area contributed by atoms with Crippen LogP contribution in [0.3, 0.4) is 0 Å². The summed E-state index contributed by atoms with van der Waals surface area (Å²) in [4.78, 5) is 12.0. The fourth-order valence-corrected chi connectivity index (χ4v) is 2.06. The van der Waals surface area contributed by atoms with Gasteiger partial charge >= 0.3 is 5.97 Å². The molecular weight excluding hydrogens is 292 g/mol. The third kappa shape index (κ3) is 7.02. The monoisotopic (exact) mass is 322 g/mol. The van der Waals surface area contributed by atoms with Gasteiger partial charge in [-0.15, -0.1) is 0 Å². The van der Waals surface area contributed by atoms with Crippen LogP contribution in [0.25, 0.3) is 0 Å². The molecule has 3 N–H and O–H groups in total. The molecule has 0 radical (unpaired) electrons. The van der Waals surface area contributed by atoms with Crippen LogP contribution in [0, 0.1) is 5.92 Å². The predicted molar refractivity (Wildman–Crippen MR) is 80.3 cm³/mol. The van der Waals surface area contributed by atoms with E-state index in [0.29, 0.717) is 0 Å². The smallest absolute Gasteiger partial charge is 0.309 e. The first-order chi connectivity index (χ1) is 10.1. The number of aliphatic hydroxyl groups excluding tert-OH is 3. The molecule has 0 amide bonds.